The van der Waals surface area contributed by atoms with Gasteiger partial charge in [0.2, 0.25) is 0 Å². The van der Waals surface area contributed by atoms with Gasteiger partial charge in [0.25, 0.3) is 0 Å². The van der Waals surface area contributed by atoms with Gasteiger partial charge in [-0.1, -0.05) is 12.1 Å². The topological polar surface area (TPSA) is 99.3 Å². The Bertz CT molecular complexity index is 1150. The molecular weight excluding hydrogens is 342 g/mol. The summed E-state index contributed by atoms with van der Waals surface area (Å²) in [6.07, 6.45) is 0. The van der Waals surface area contributed by atoms with Crippen molar-refractivity contribution in [3.63, 3.8) is 0 Å². The monoisotopic (exact) mass is 353 g/mol. The highest BCUT2D eigenvalue weighted by Gasteiger charge is 2.11. The fraction of sp³-hybridized carbons (Fsp3) is 0.0588. The van der Waals surface area contributed by atoms with E-state index in [1.807, 2.05) is 24.3 Å². The zero-order valence-corrected chi connectivity index (χ0v) is 13.6. The summed E-state index contributed by atoms with van der Waals surface area (Å²) < 4.78 is 5.40. The molecule has 4 aromatic rings. The minimum absolute atomic E-state index is 0.124. The van der Waals surface area contributed by atoms with Gasteiger partial charge in [0, 0.05) is 11.5 Å². The molecule has 0 amide bonds. The largest absolute Gasteiger partial charge is 0.421 e. The van der Waals surface area contributed by atoms with Crippen molar-refractivity contribution in [1.29, 1.82) is 0 Å². The number of fused-ring (bicyclic) bond motifs is 2. The first-order valence-electron chi connectivity index (χ1n) is 7.43. The van der Waals surface area contributed by atoms with Crippen molar-refractivity contribution in [2.75, 3.05) is 5.88 Å². The molecule has 2 aromatic carbocycles. The zero-order chi connectivity index (χ0) is 17.4. The number of halogens is 1. The molecule has 124 valence electrons. The summed E-state index contributed by atoms with van der Waals surface area (Å²) in [4.78, 5) is 17.8. The summed E-state index contributed by atoms with van der Waals surface area (Å²) in [6.45, 7) is 0. The molecule has 0 saturated heterocycles. The zero-order valence-electron chi connectivity index (χ0n) is 12.9. The Hall–Kier alpha value is -3.19. The molecule has 0 radical (unpaired) electrons. The van der Waals surface area contributed by atoms with Gasteiger partial charge in [-0.15, -0.1) is 26.6 Å². The quantitative estimate of drug-likeness (QED) is 0.264. The molecule has 7 nitrogen and oxygen atoms in total. The minimum atomic E-state index is -0.542. The van der Waals surface area contributed by atoms with Gasteiger partial charge in [0.1, 0.15) is 22.5 Å². The summed E-state index contributed by atoms with van der Waals surface area (Å²) in [7, 11) is 0. The summed E-state index contributed by atoms with van der Waals surface area (Å²) in [5.41, 5.74) is 7.67. The Morgan fingerprint density at radius 1 is 1.16 bits per heavy atom. The van der Waals surface area contributed by atoms with Gasteiger partial charge >= 0.3 is 5.63 Å². The third-order valence-electron chi connectivity index (χ3n) is 3.61. The molecule has 2 N–H and O–H groups in total. The molecule has 0 aliphatic heterocycles. The van der Waals surface area contributed by atoms with Crippen molar-refractivity contribution >= 4 is 45.1 Å². The number of hydrogen-bond donors (Lipinski definition) is 1. The second-order valence-corrected chi connectivity index (χ2v) is 5.62. The lowest BCUT2D eigenvalue weighted by molar-refractivity contribution is 0.546. The van der Waals surface area contributed by atoms with Crippen LogP contribution in [0.2, 0.25) is 0 Å². The number of nitrogens with two attached hydrogens (primary N) is 1. The lowest BCUT2D eigenvalue weighted by Gasteiger charge is -2.02. The van der Waals surface area contributed by atoms with E-state index in [4.69, 9.17) is 21.8 Å². The van der Waals surface area contributed by atoms with Crippen LogP contribution in [0.4, 0.5) is 5.69 Å². The van der Waals surface area contributed by atoms with E-state index in [2.05, 4.69) is 15.2 Å². The Labute approximate surface area is 146 Å². The molecule has 0 fully saturated rings. The standard InChI is InChI=1S/C17H12ClN5O2/c18-9-16(19)20-11-6-5-10-7-14(17(24)25-15(10)8-11)23-21-12-3-1-2-4-13(12)22-23/h1-8H,9H2,(H2,19,20). The van der Waals surface area contributed by atoms with E-state index in [0.717, 1.165) is 5.39 Å². The first kappa shape index (κ1) is 15.3. The normalized spacial score (nSPS) is 12.1. The molecule has 25 heavy (non-hydrogen) atoms. The Kier molecular flexibility index (Phi) is 3.70. The van der Waals surface area contributed by atoms with Crippen molar-refractivity contribution in [3.05, 3.63) is 59.0 Å². The molecule has 2 aromatic heterocycles. The van der Waals surface area contributed by atoms with Crippen LogP contribution in [0, 0.1) is 0 Å². The Morgan fingerprint density at radius 2 is 1.88 bits per heavy atom. The van der Waals surface area contributed by atoms with Crippen molar-refractivity contribution in [3.8, 4) is 5.69 Å². The van der Waals surface area contributed by atoms with E-state index < -0.39 is 5.63 Å². The predicted octanol–water partition coefficient (Wildman–Crippen LogP) is 2.75. The third-order valence-corrected chi connectivity index (χ3v) is 3.89. The number of nitrogens with zero attached hydrogens (tertiary/aromatic N) is 4. The first-order chi connectivity index (χ1) is 12.1. The second kappa shape index (κ2) is 6.03. The van der Waals surface area contributed by atoms with Gasteiger partial charge < -0.3 is 10.2 Å². The van der Waals surface area contributed by atoms with Crippen LogP contribution in [0.3, 0.4) is 0 Å². The maximum absolute atomic E-state index is 12.4. The average Bonchev–Trinajstić information content (AvgIpc) is 3.04. The predicted molar refractivity (Wildman–Crippen MR) is 96.9 cm³/mol. The molecule has 0 saturated carbocycles. The highest BCUT2D eigenvalue weighted by molar-refractivity contribution is 6.28. The van der Waals surface area contributed by atoms with Crippen LogP contribution in [-0.4, -0.2) is 26.7 Å². The summed E-state index contributed by atoms with van der Waals surface area (Å²) in [6, 6.07) is 14.2. The van der Waals surface area contributed by atoms with Crippen LogP contribution in [0.15, 0.2) is 62.7 Å². The molecule has 0 spiro atoms. The average molecular weight is 354 g/mol. The van der Waals surface area contributed by atoms with E-state index in [-0.39, 0.29) is 17.4 Å². The number of alkyl halides is 1. The Morgan fingerprint density at radius 3 is 2.56 bits per heavy atom. The number of amidine groups is 1. The van der Waals surface area contributed by atoms with Gasteiger partial charge in [-0.3, -0.25) is 0 Å². The molecule has 0 aliphatic rings. The van der Waals surface area contributed by atoms with Crippen molar-refractivity contribution in [1.82, 2.24) is 15.0 Å². The van der Waals surface area contributed by atoms with Gasteiger partial charge in [-0.05, 0) is 30.3 Å². The molecule has 2 heterocycles. The van der Waals surface area contributed by atoms with Crippen molar-refractivity contribution in [2.45, 2.75) is 0 Å². The molecule has 0 unspecified atom stereocenters. The maximum Gasteiger partial charge on any atom is 0.364 e. The minimum Gasteiger partial charge on any atom is -0.421 e. The number of hydrogen-bond acceptors (Lipinski definition) is 5. The summed E-state index contributed by atoms with van der Waals surface area (Å²) in [5.74, 6) is 0.409. The van der Waals surface area contributed by atoms with Crippen LogP contribution >= 0.6 is 11.6 Å². The maximum atomic E-state index is 12.4. The number of rotatable bonds is 3. The number of benzene rings is 2. The van der Waals surface area contributed by atoms with Crippen molar-refractivity contribution in [2.24, 2.45) is 10.7 Å². The molecular formula is C17H12ClN5O2. The van der Waals surface area contributed by atoms with Crippen LogP contribution in [0.25, 0.3) is 27.7 Å². The number of aliphatic imine (C=N–C) groups is 1. The fourth-order valence-electron chi connectivity index (χ4n) is 2.46. The van der Waals surface area contributed by atoms with E-state index in [9.17, 15) is 4.79 Å². The SMILES string of the molecule is NC(CCl)=Nc1ccc2cc(-n3nc4ccccc4n3)c(=O)oc2c1. The highest BCUT2D eigenvalue weighted by atomic mass is 35.5. The number of aromatic nitrogens is 3. The summed E-state index contributed by atoms with van der Waals surface area (Å²) >= 11 is 5.62. The van der Waals surface area contributed by atoms with E-state index in [0.29, 0.717) is 22.3 Å². The molecule has 8 heteroatoms. The fourth-order valence-corrected chi connectivity index (χ4v) is 2.52. The highest BCUT2D eigenvalue weighted by Crippen LogP contribution is 2.22. The Balaban J connectivity index is 1.84. The van der Waals surface area contributed by atoms with Crippen LogP contribution in [-0.2, 0) is 0 Å². The van der Waals surface area contributed by atoms with Gasteiger partial charge in [0.05, 0.1) is 11.6 Å². The third kappa shape index (κ3) is 2.85. The van der Waals surface area contributed by atoms with Gasteiger partial charge in [-0.2, -0.15) is 0 Å². The lowest BCUT2D eigenvalue weighted by atomic mass is 10.2. The smallest absolute Gasteiger partial charge is 0.364 e. The second-order valence-electron chi connectivity index (χ2n) is 5.36. The molecule has 4 rings (SSSR count). The van der Waals surface area contributed by atoms with E-state index >= 15 is 0 Å². The van der Waals surface area contributed by atoms with Gasteiger partial charge in [-0.25, -0.2) is 9.79 Å². The van der Waals surface area contributed by atoms with Crippen molar-refractivity contribution < 1.29 is 4.42 Å². The van der Waals surface area contributed by atoms with Crippen LogP contribution in [0.5, 0.6) is 0 Å². The van der Waals surface area contributed by atoms with E-state index in [1.165, 1.54) is 4.80 Å². The molecule has 0 aliphatic carbocycles. The van der Waals surface area contributed by atoms with E-state index in [1.54, 1.807) is 24.3 Å². The van der Waals surface area contributed by atoms with Crippen LogP contribution < -0.4 is 11.4 Å². The first-order valence-corrected chi connectivity index (χ1v) is 7.97. The molecule has 0 atom stereocenters. The molecule has 0 bridgehead atoms. The van der Waals surface area contributed by atoms with Gasteiger partial charge in [0.15, 0.2) is 5.69 Å². The summed E-state index contributed by atoms with van der Waals surface area (Å²) in [5, 5.41) is 9.34. The lowest BCUT2D eigenvalue weighted by Crippen LogP contribution is -2.13. The van der Waals surface area contributed by atoms with Crippen LogP contribution in [0.1, 0.15) is 0 Å².